The molecule has 148 valence electrons. The first-order valence-electron chi connectivity index (χ1n) is 9.18. The molecule has 1 saturated heterocycles. The molecule has 1 fully saturated rings. The number of hydrogen-bond donors (Lipinski definition) is 2. The first-order valence-corrected chi connectivity index (χ1v) is 9.18. The molecule has 0 aliphatic carbocycles. The number of nitrogens with one attached hydrogen (secondary N) is 2. The number of imide groups is 1. The van der Waals surface area contributed by atoms with Gasteiger partial charge in [-0.15, -0.1) is 0 Å². The van der Waals surface area contributed by atoms with E-state index in [1.54, 1.807) is 14.0 Å². The van der Waals surface area contributed by atoms with Crippen molar-refractivity contribution in [2.75, 3.05) is 13.7 Å². The van der Waals surface area contributed by atoms with Crippen LogP contribution in [0.15, 0.2) is 24.3 Å². The minimum Gasteiger partial charge on any atom is -0.497 e. The van der Waals surface area contributed by atoms with Crippen LogP contribution in [0.3, 0.4) is 0 Å². The van der Waals surface area contributed by atoms with Crippen LogP contribution in [0.25, 0.3) is 0 Å². The number of carbonyl (C=O) groups is 3. The molecule has 1 aliphatic rings. The number of amides is 4. The molecular formula is C20H29N3O4. The van der Waals surface area contributed by atoms with Gasteiger partial charge in [-0.05, 0) is 57.7 Å². The fraction of sp³-hybridized carbons (Fsp3) is 0.550. The van der Waals surface area contributed by atoms with E-state index in [1.165, 1.54) is 0 Å². The summed E-state index contributed by atoms with van der Waals surface area (Å²) in [6.07, 6.45) is 1.82. The van der Waals surface area contributed by atoms with Crippen LogP contribution in [0.5, 0.6) is 5.75 Å². The highest BCUT2D eigenvalue weighted by Gasteiger charge is 2.48. The van der Waals surface area contributed by atoms with E-state index in [0.29, 0.717) is 12.8 Å². The summed E-state index contributed by atoms with van der Waals surface area (Å²) in [5.74, 6) is 0.0534. The van der Waals surface area contributed by atoms with Gasteiger partial charge in [0, 0.05) is 5.54 Å². The monoisotopic (exact) mass is 375 g/mol. The highest BCUT2D eigenvalue weighted by Crippen LogP contribution is 2.24. The highest BCUT2D eigenvalue weighted by atomic mass is 16.5. The second-order valence-corrected chi connectivity index (χ2v) is 7.79. The standard InChI is InChI=1S/C20H29N3O4/c1-6-19(2,3)21-16(24)13-23-17(25)20(4,22-18(23)26)12-11-14-7-9-15(27-5)10-8-14/h7-10H,6,11-13H2,1-5H3,(H,21,24)(H,22,26)/t20-/m1/s1. The Balaban J connectivity index is 1.99. The van der Waals surface area contributed by atoms with Crippen LogP contribution < -0.4 is 15.4 Å². The summed E-state index contributed by atoms with van der Waals surface area (Å²) in [4.78, 5) is 38.2. The molecule has 1 aromatic rings. The molecule has 7 heteroatoms. The van der Waals surface area contributed by atoms with Gasteiger partial charge in [0.2, 0.25) is 5.91 Å². The molecule has 27 heavy (non-hydrogen) atoms. The van der Waals surface area contributed by atoms with Gasteiger partial charge in [0.15, 0.2) is 0 Å². The second kappa shape index (κ2) is 7.98. The van der Waals surface area contributed by atoms with Crippen molar-refractivity contribution in [2.24, 2.45) is 0 Å². The van der Waals surface area contributed by atoms with Crippen molar-refractivity contribution in [1.29, 1.82) is 0 Å². The summed E-state index contributed by atoms with van der Waals surface area (Å²) in [6.45, 7) is 7.19. The zero-order valence-corrected chi connectivity index (χ0v) is 16.7. The fourth-order valence-electron chi connectivity index (χ4n) is 2.90. The van der Waals surface area contributed by atoms with Crippen LogP contribution in [0.4, 0.5) is 4.79 Å². The Bertz CT molecular complexity index is 714. The minimum atomic E-state index is -1.02. The Labute approximate surface area is 160 Å². The molecule has 0 unspecified atom stereocenters. The number of nitrogens with zero attached hydrogens (tertiary/aromatic N) is 1. The van der Waals surface area contributed by atoms with Gasteiger partial charge in [-0.1, -0.05) is 19.1 Å². The van der Waals surface area contributed by atoms with Crippen molar-refractivity contribution < 1.29 is 19.1 Å². The molecule has 0 bridgehead atoms. The molecule has 1 atom stereocenters. The quantitative estimate of drug-likeness (QED) is 0.682. The number of rotatable bonds is 8. The van der Waals surface area contributed by atoms with E-state index < -0.39 is 11.6 Å². The number of ether oxygens (including phenoxy) is 1. The van der Waals surface area contributed by atoms with Crippen LogP contribution >= 0.6 is 0 Å². The zero-order chi connectivity index (χ0) is 20.2. The molecule has 1 aromatic carbocycles. The van der Waals surface area contributed by atoms with E-state index in [9.17, 15) is 14.4 Å². The van der Waals surface area contributed by atoms with Gasteiger partial charge in [-0.25, -0.2) is 4.79 Å². The zero-order valence-electron chi connectivity index (χ0n) is 16.7. The SMILES string of the molecule is CCC(C)(C)NC(=O)CN1C(=O)N[C@](C)(CCc2ccc(OC)cc2)C1=O. The maximum absolute atomic E-state index is 12.8. The third-order valence-electron chi connectivity index (χ3n) is 5.08. The van der Waals surface area contributed by atoms with Crippen LogP contribution in [0.1, 0.15) is 46.1 Å². The molecule has 0 aromatic heterocycles. The Kier molecular flexibility index (Phi) is 6.13. The summed E-state index contributed by atoms with van der Waals surface area (Å²) in [5.41, 5.74) is -0.356. The maximum atomic E-state index is 12.8. The number of urea groups is 1. The molecule has 0 spiro atoms. The van der Waals surface area contributed by atoms with E-state index in [-0.39, 0.29) is 23.9 Å². The van der Waals surface area contributed by atoms with Crippen LogP contribution in [-0.2, 0) is 16.0 Å². The smallest absolute Gasteiger partial charge is 0.325 e. The Hall–Kier alpha value is -2.57. The van der Waals surface area contributed by atoms with E-state index in [0.717, 1.165) is 22.6 Å². The lowest BCUT2D eigenvalue weighted by atomic mass is 9.93. The Morgan fingerprint density at radius 2 is 1.89 bits per heavy atom. The van der Waals surface area contributed by atoms with Gasteiger partial charge in [-0.3, -0.25) is 14.5 Å². The van der Waals surface area contributed by atoms with Gasteiger partial charge in [0.1, 0.15) is 17.8 Å². The third kappa shape index (κ3) is 4.99. The summed E-state index contributed by atoms with van der Waals surface area (Å²) in [5, 5.41) is 5.58. The van der Waals surface area contributed by atoms with Gasteiger partial charge in [0.05, 0.1) is 7.11 Å². The van der Waals surface area contributed by atoms with E-state index in [1.807, 2.05) is 45.0 Å². The van der Waals surface area contributed by atoms with Crippen molar-refractivity contribution in [3.05, 3.63) is 29.8 Å². The molecule has 2 N–H and O–H groups in total. The molecule has 2 rings (SSSR count). The lowest BCUT2D eigenvalue weighted by Gasteiger charge is -2.26. The average Bonchev–Trinajstić information content (AvgIpc) is 2.83. The van der Waals surface area contributed by atoms with E-state index in [2.05, 4.69) is 10.6 Å². The molecule has 1 heterocycles. The molecule has 4 amide bonds. The lowest BCUT2D eigenvalue weighted by molar-refractivity contribution is -0.135. The van der Waals surface area contributed by atoms with E-state index >= 15 is 0 Å². The van der Waals surface area contributed by atoms with Crippen molar-refractivity contribution in [3.8, 4) is 5.75 Å². The minimum absolute atomic E-state index is 0.272. The first kappa shape index (κ1) is 20.7. The molecule has 0 saturated carbocycles. The number of benzene rings is 1. The van der Waals surface area contributed by atoms with Gasteiger partial charge in [-0.2, -0.15) is 0 Å². The van der Waals surface area contributed by atoms with Crippen molar-refractivity contribution in [1.82, 2.24) is 15.5 Å². The average molecular weight is 375 g/mol. The first-order chi connectivity index (χ1) is 12.6. The lowest BCUT2D eigenvalue weighted by Crippen LogP contribution is -2.49. The topological polar surface area (TPSA) is 87.7 Å². The number of aryl methyl sites for hydroxylation is 1. The van der Waals surface area contributed by atoms with Crippen molar-refractivity contribution in [3.63, 3.8) is 0 Å². The van der Waals surface area contributed by atoms with Crippen LogP contribution in [0.2, 0.25) is 0 Å². The summed E-state index contributed by atoms with van der Waals surface area (Å²) < 4.78 is 5.14. The number of carbonyl (C=O) groups excluding carboxylic acids is 3. The molecule has 7 nitrogen and oxygen atoms in total. The predicted molar refractivity (Wildman–Crippen MR) is 102 cm³/mol. The predicted octanol–water partition coefficient (Wildman–Crippen LogP) is 2.24. The van der Waals surface area contributed by atoms with Crippen LogP contribution in [0, 0.1) is 0 Å². The Morgan fingerprint density at radius 1 is 1.26 bits per heavy atom. The summed E-state index contributed by atoms with van der Waals surface area (Å²) in [6, 6.07) is 7.06. The summed E-state index contributed by atoms with van der Waals surface area (Å²) in [7, 11) is 1.61. The second-order valence-electron chi connectivity index (χ2n) is 7.79. The third-order valence-corrected chi connectivity index (χ3v) is 5.08. The number of methoxy groups -OCH3 is 1. The molecule has 0 radical (unpaired) electrons. The van der Waals surface area contributed by atoms with Crippen LogP contribution in [-0.4, -0.2) is 47.5 Å². The fourth-order valence-corrected chi connectivity index (χ4v) is 2.90. The molecular weight excluding hydrogens is 346 g/mol. The van der Waals surface area contributed by atoms with Crippen molar-refractivity contribution in [2.45, 2.75) is 58.0 Å². The molecule has 1 aliphatic heterocycles. The van der Waals surface area contributed by atoms with Gasteiger partial charge in [0.25, 0.3) is 5.91 Å². The van der Waals surface area contributed by atoms with Gasteiger partial charge < -0.3 is 15.4 Å². The largest absolute Gasteiger partial charge is 0.497 e. The number of hydrogen-bond acceptors (Lipinski definition) is 4. The Morgan fingerprint density at radius 3 is 2.44 bits per heavy atom. The maximum Gasteiger partial charge on any atom is 0.325 e. The van der Waals surface area contributed by atoms with Crippen molar-refractivity contribution >= 4 is 17.8 Å². The normalized spacial score (nSPS) is 19.8. The van der Waals surface area contributed by atoms with E-state index in [4.69, 9.17) is 4.74 Å². The highest BCUT2D eigenvalue weighted by molar-refractivity contribution is 6.08. The van der Waals surface area contributed by atoms with Gasteiger partial charge >= 0.3 is 6.03 Å². The summed E-state index contributed by atoms with van der Waals surface area (Å²) >= 11 is 0.